The number of anilines is 2. The van der Waals surface area contributed by atoms with Gasteiger partial charge in [-0.25, -0.2) is 22.8 Å². The Morgan fingerprint density at radius 2 is 1.93 bits per heavy atom. The van der Waals surface area contributed by atoms with E-state index in [4.69, 9.17) is 20.8 Å². The van der Waals surface area contributed by atoms with Crippen molar-refractivity contribution in [1.82, 2.24) is 14.9 Å². The molecule has 1 fully saturated rings. The van der Waals surface area contributed by atoms with Crippen LogP contribution in [0.2, 0.25) is 5.02 Å². The average molecular weight is 621 g/mol. The zero-order valence-electron chi connectivity index (χ0n) is 23.6. The minimum absolute atomic E-state index is 0.0101. The second kappa shape index (κ2) is 11.9. The summed E-state index contributed by atoms with van der Waals surface area (Å²) in [7, 11) is -1.27. The first-order valence-electron chi connectivity index (χ1n) is 13.8. The Bertz CT molecular complexity index is 1890. The van der Waals surface area contributed by atoms with Crippen LogP contribution >= 0.6 is 11.6 Å². The molecule has 222 valence electrons. The summed E-state index contributed by atoms with van der Waals surface area (Å²) < 4.78 is 49.9. The maximum Gasteiger partial charge on any atom is 0.149 e. The Labute approximate surface area is 254 Å². The number of hydrogen-bond acceptors (Lipinski definition) is 8. The van der Waals surface area contributed by atoms with Gasteiger partial charge in [0.1, 0.15) is 51.7 Å². The van der Waals surface area contributed by atoms with Crippen LogP contribution in [0.1, 0.15) is 30.2 Å². The number of sulfone groups is 1. The number of furan rings is 1. The molecule has 6 rings (SSSR count). The molecule has 5 aromatic rings. The highest BCUT2D eigenvalue weighted by atomic mass is 35.5. The Morgan fingerprint density at radius 3 is 2.67 bits per heavy atom. The molecule has 0 spiro atoms. The molecule has 1 saturated carbocycles. The van der Waals surface area contributed by atoms with E-state index in [1.807, 2.05) is 43.4 Å². The summed E-state index contributed by atoms with van der Waals surface area (Å²) in [5.41, 5.74) is 2.94. The summed E-state index contributed by atoms with van der Waals surface area (Å²) >= 11 is 6.50. The Hall–Kier alpha value is -3.99. The third kappa shape index (κ3) is 6.98. The van der Waals surface area contributed by atoms with Crippen molar-refractivity contribution in [2.45, 2.75) is 31.5 Å². The van der Waals surface area contributed by atoms with Crippen molar-refractivity contribution in [2.24, 2.45) is 0 Å². The maximum absolute atomic E-state index is 13.5. The molecule has 2 aromatic heterocycles. The number of rotatable bonds is 11. The van der Waals surface area contributed by atoms with Gasteiger partial charge in [-0.1, -0.05) is 23.7 Å². The molecule has 0 saturated heterocycles. The summed E-state index contributed by atoms with van der Waals surface area (Å²) in [5, 5.41) is 4.47. The second-order valence-electron chi connectivity index (χ2n) is 10.8. The molecule has 1 aliphatic carbocycles. The summed E-state index contributed by atoms with van der Waals surface area (Å²) in [5.74, 6) is 1.96. The summed E-state index contributed by atoms with van der Waals surface area (Å²) in [6.45, 7) is 0.184. The Balaban J connectivity index is 1.23. The van der Waals surface area contributed by atoms with E-state index in [9.17, 15) is 12.8 Å². The molecule has 1 atom stereocenters. The molecule has 2 heterocycles. The normalized spacial score (nSPS) is 14.3. The zero-order valence-corrected chi connectivity index (χ0v) is 25.2. The van der Waals surface area contributed by atoms with E-state index in [1.165, 1.54) is 24.7 Å². The van der Waals surface area contributed by atoms with Crippen LogP contribution in [0.3, 0.4) is 0 Å². The van der Waals surface area contributed by atoms with Crippen molar-refractivity contribution in [3.63, 3.8) is 0 Å². The Morgan fingerprint density at radius 1 is 1.09 bits per heavy atom. The van der Waals surface area contributed by atoms with Gasteiger partial charge in [0.15, 0.2) is 0 Å². The van der Waals surface area contributed by atoms with Gasteiger partial charge in [0.2, 0.25) is 0 Å². The smallest absolute Gasteiger partial charge is 0.149 e. The summed E-state index contributed by atoms with van der Waals surface area (Å²) in [4.78, 5) is 11.0. The highest BCUT2D eigenvalue weighted by Crippen LogP contribution is 2.37. The largest absolute Gasteiger partial charge is 0.487 e. The van der Waals surface area contributed by atoms with Crippen LogP contribution in [0.25, 0.3) is 22.2 Å². The van der Waals surface area contributed by atoms with Crippen LogP contribution in [0.5, 0.6) is 5.75 Å². The number of hydrogen-bond donors (Lipinski definition) is 1. The van der Waals surface area contributed by atoms with Gasteiger partial charge in [-0.3, -0.25) is 4.90 Å². The molecule has 0 amide bonds. The van der Waals surface area contributed by atoms with E-state index in [0.29, 0.717) is 45.4 Å². The number of aromatic nitrogens is 2. The molecule has 0 aliphatic heterocycles. The lowest BCUT2D eigenvalue weighted by atomic mass is 10.1. The van der Waals surface area contributed by atoms with Crippen molar-refractivity contribution in [2.75, 3.05) is 24.4 Å². The molecule has 1 N–H and O–H groups in total. The predicted molar refractivity (Wildman–Crippen MR) is 166 cm³/mol. The van der Waals surface area contributed by atoms with Crippen LogP contribution in [0.4, 0.5) is 15.9 Å². The highest BCUT2D eigenvalue weighted by molar-refractivity contribution is 7.90. The maximum atomic E-state index is 13.5. The monoisotopic (exact) mass is 620 g/mol. The third-order valence-corrected chi connectivity index (χ3v) is 8.64. The van der Waals surface area contributed by atoms with Crippen LogP contribution < -0.4 is 10.1 Å². The lowest BCUT2D eigenvalue weighted by Crippen LogP contribution is -2.31. The first-order chi connectivity index (χ1) is 20.6. The first-order valence-corrected chi connectivity index (χ1v) is 16.3. The van der Waals surface area contributed by atoms with Crippen molar-refractivity contribution < 1.29 is 22.0 Å². The van der Waals surface area contributed by atoms with Crippen LogP contribution in [-0.4, -0.2) is 48.4 Å². The second-order valence-corrected chi connectivity index (χ2v) is 13.4. The van der Waals surface area contributed by atoms with Crippen molar-refractivity contribution in [3.8, 4) is 17.1 Å². The van der Waals surface area contributed by atoms with Gasteiger partial charge in [0, 0.05) is 28.9 Å². The molecular weight excluding hydrogens is 591 g/mol. The lowest BCUT2D eigenvalue weighted by Gasteiger charge is -2.25. The van der Waals surface area contributed by atoms with Gasteiger partial charge >= 0.3 is 0 Å². The molecule has 0 radical (unpaired) electrons. The molecule has 0 unspecified atom stereocenters. The van der Waals surface area contributed by atoms with Crippen LogP contribution in [0.15, 0.2) is 83.5 Å². The molecule has 3 aromatic carbocycles. The first kappa shape index (κ1) is 29.1. The van der Waals surface area contributed by atoms with Gasteiger partial charge in [0.05, 0.1) is 22.3 Å². The summed E-state index contributed by atoms with van der Waals surface area (Å²) in [6, 6.07) is 21.0. The van der Waals surface area contributed by atoms with E-state index in [-0.39, 0.29) is 24.2 Å². The molecular formula is C32H30ClFN4O4S. The molecule has 0 bridgehead atoms. The van der Waals surface area contributed by atoms with Gasteiger partial charge in [-0.2, -0.15) is 0 Å². The quantitative estimate of drug-likeness (QED) is 0.166. The number of halogens is 2. The highest BCUT2D eigenvalue weighted by Gasteiger charge is 2.35. The topological polar surface area (TPSA) is 97.6 Å². The van der Waals surface area contributed by atoms with Crippen LogP contribution in [-0.2, 0) is 16.4 Å². The number of fused-ring (bicyclic) bond motifs is 1. The van der Waals surface area contributed by atoms with E-state index < -0.39 is 9.84 Å². The minimum atomic E-state index is -3.22. The fourth-order valence-corrected chi connectivity index (χ4v) is 6.25. The number of nitrogens with one attached hydrogen (secondary N) is 1. The predicted octanol–water partition coefficient (Wildman–Crippen LogP) is 7.18. The fraction of sp³-hybridized carbons (Fsp3) is 0.250. The van der Waals surface area contributed by atoms with Gasteiger partial charge in [-0.15, -0.1) is 0 Å². The van der Waals surface area contributed by atoms with Crippen LogP contribution in [0, 0.1) is 5.82 Å². The zero-order chi connectivity index (χ0) is 30.1. The van der Waals surface area contributed by atoms with E-state index in [2.05, 4.69) is 20.2 Å². The fourth-order valence-electron chi connectivity index (χ4n) is 5.04. The van der Waals surface area contributed by atoms with Gasteiger partial charge < -0.3 is 14.5 Å². The van der Waals surface area contributed by atoms with Gasteiger partial charge in [0.25, 0.3) is 0 Å². The summed E-state index contributed by atoms with van der Waals surface area (Å²) in [6.07, 6.45) is 4.85. The molecule has 11 heteroatoms. The van der Waals surface area contributed by atoms with E-state index in [1.54, 1.807) is 24.3 Å². The molecule has 43 heavy (non-hydrogen) atoms. The van der Waals surface area contributed by atoms with E-state index in [0.717, 1.165) is 29.3 Å². The van der Waals surface area contributed by atoms with Crippen molar-refractivity contribution in [3.05, 3.63) is 101 Å². The Kier molecular flexibility index (Phi) is 8.09. The molecule has 1 aliphatic rings. The van der Waals surface area contributed by atoms with E-state index >= 15 is 0 Å². The standard InChI is InChI=1S/C32H30ClFN4O4S/c1-38(24-8-9-24)28(18-43(2,39)40)31-13-12-29(42-31)21-6-10-27-25(15-21)32(36-19-35-27)37-23-7-11-30(26(33)16-23)41-17-20-4-3-5-22(34)14-20/h3-7,10-16,19,24,28H,8-9,17-18H2,1-2H3,(H,35,36,37)/t28-/m1/s1. The average Bonchev–Trinajstić information content (AvgIpc) is 3.71. The van der Waals surface area contributed by atoms with Crippen molar-refractivity contribution in [1.29, 1.82) is 0 Å². The number of ether oxygens (including phenoxy) is 1. The third-order valence-electron chi connectivity index (χ3n) is 7.43. The lowest BCUT2D eigenvalue weighted by molar-refractivity contribution is 0.225. The number of benzene rings is 3. The van der Waals surface area contributed by atoms with Gasteiger partial charge in [-0.05, 0) is 86.1 Å². The SMILES string of the molecule is CN(C1CC1)[C@H](CS(C)(=O)=O)c1ccc(-c2ccc3ncnc(Nc4ccc(OCc5cccc(F)c5)c(Cl)c4)c3c2)o1. The molecule has 8 nitrogen and oxygen atoms in total. The number of nitrogens with zero attached hydrogens (tertiary/aromatic N) is 3. The minimum Gasteiger partial charge on any atom is -0.487 e. The van der Waals surface area contributed by atoms with Crippen molar-refractivity contribution >= 4 is 43.8 Å².